The first-order valence-electron chi connectivity index (χ1n) is 7.42. The van der Waals surface area contributed by atoms with Crippen LogP contribution in [0.1, 0.15) is 38.7 Å². The number of carbonyl (C=O) groups excluding carboxylic acids is 2. The van der Waals surface area contributed by atoms with E-state index in [1.165, 1.54) is 0 Å². The van der Waals surface area contributed by atoms with Gasteiger partial charge in [0.1, 0.15) is 5.57 Å². The molecule has 4 nitrogen and oxygen atoms in total. The molecule has 1 aliphatic heterocycles. The highest BCUT2D eigenvalue weighted by atomic mass is 16.7. The van der Waals surface area contributed by atoms with Crippen LogP contribution >= 0.6 is 0 Å². The van der Waals surface area contributed by atoms with Crippen LogP contribution in [0.25, 0.3) is 5.57 Å². The number of benzene rings is 1. The van der Waals surface area contributed by atoms with Gasteiger partial charge in [0.2, 0.25) is 0 Å². The lowest BCUT2D eigenvalue weighted by molar-refractivity contribution is -0.222. The summed E-state index contributed by atoms with van der Waals surface area (Å²) in [6.45, 7) is 3.10. The van der Waals surface area contributed by atoms with E-state index in [9.17, 15) is 9.59 Å². The average molecular weight is 298 g/mol. The fraction of sp³-hybridized carbons (Fsp3) is 0.333. The van der Waals surface area contributed by atoms with Crippen molar-refractivity contribution in [3.05, 3.63) is 53.1 Å². The van der Waals surface area contributed by atoms with E-state index in [0.29, 0.717) is 12.0 Å². The highest BCUT2D eigenvalue weighted by Crippen LogP contribution is 2.34. The van der Waals surface area contributed by atoms with Crippen LogP contribution in [0.3, 0.4) is 0 Å². The second-order valence-corrected chi connectivity index (χ2v) is 5.97. The number of hydrogen-bond acceptors (Lipinski definition) is 4. The molecule has 0 radical (unpaired) electrons. The van der Waals surface area contributed by atoms with Gasteiger partial charge in [-0.1, -0.05) is 36.4 Å². The third kappa shape index (κ3) is 2.82. The van der Waals surface area contributed by atoms with E-state index in [0.717, 1.165) is 24.0 Å². The molecule has 0 spiro atoms. The lowest BCUT2D eigenvalue weighted by Crippen LogP contribution is -2.42. The summed E-state index contributed by atoms with van der Waals surface area (Å²) in [4.78, 5) is 24.3. The van der Waals surface area contributed by atoms with Crippen LogP contribution < -0.4 is 0 Å². The Bertz CT molecular complexity index is 658. The molecule has 1 aromatic rings. The van der Waals surface area contributed by atoms with Gasteiger partial charge < -0.3 is 9.47 Å². The lowest BCUT2D eigenvalue weighted by Gasteiger charge is -2.31. The first-order valence-corrected chi connectivity index (χ1v) is 7.42. The van der Waals surface area contributed by atoms with Gasteiger partial charge in [-0.15, -0.1) is 0 Å². The fourth-order valence-electron chi connectivity index (χ4n) is 2.82. The lowest BCUT2D eigenvalue weighted by atomic mass is 9.88. The van der Waals surface area contributed by atoms with Gasteiger partial charge in [0, 0.05) is 13.8 Å². The normalized spacial score (nSPS) is 21.1. The molecular weight excluding hydrogens is 280 g/mol. The van der Waals surface area contributed by atoms with E-state index in [4.69, 9.17) is 9.47 Å². The molecule has 0 amide bonds. The summed E-state index contributed by atoms with van der Waals surface area (Å²) in [5.74, 6) is -2.39. The van der Waals surface area contributed by atoms with Gasteiger partial charge in [-0.05, 0) is 36.0 Å². The molecule has 2 aliphatic rings. The highest BCUT2D eigenvalue weighted by molar-refractivity contribution is 6.16. The van der Waals surface area contributed by atoms with E-state index in [1.807, 2.05) is 36.4 Å². The molecule has 0 atom stereocenters. The maximum atomic E-state index is 12.2. The minimum absolute atomic E-state index is 0.0347. The van der Waals surface area contributed by atoms with Gasteiger partial charge >= 0.3 is 11.9 Å². The standard InChI is InChI=1S/C18H18O4/c1-18(2)21-16(19)15(17(20)22-18)14-10-6-9-13(11-14)12-7-4-3-5-8-12/h3-5,7-8,11H,6,9-10H2,1-2H3. The van der Waals surface area contributed by atoms with Crippen molar-refractivity contribution in [2.45, 2.75) is 38.9 Å². The van der Waals surface area contributed by atoms with Gasteiger partial charge in [0.15, 0.2) is 0 Å². The summed E-state index contributed by atoms with van der Waals surface area (Å²) in [6.07, 6.45) is 4.42. The molecule has 4 heteroatoms. The molecule has 1 fully saturated rings. The zero-order chi connectivity index (χ0) is 15.7. The van der Waals surface area contributed by atoms with Crippen LogP contribution in [0.2, 0.25) is 0 Å². The van der Waals surface area contributed by atoms with Crippen LogP contribution in [0.5, 0.6) is 0 Å². The summed E-state index contributed by atoms with van der Waals surface area (Å²) in [5.41, 5.74) is 2.97. The Morgan fingerprint density at radius 1 is 0.955 bits per heavy atom. The predicted octanol–water partition coefficient (Wildman–Crippen LogP) is 3.39. The molecular formula is C18H18O4. The molecule has 22 heavy (non-hydrogen) atoms. The maximum Gasteiger partial charge on any atom is 0.349 e. The van der Waals surface area contributed by atoms with Gasteiger partial charge in [0.05, 0.1) is 0 Å². The van der Waals surface area contributed by atoms with Gasteiger partial charge in [-0.25, -0.2) is 9.59 Å². The van der Waals surface area contributed by atoms with Crippen molar-refractivity contribution in [2.75, 3.05) is 0 Å². The Kier molecular flexibility index (Phi) is 3.61. The SMILES string of the molecule is CC1(C)OC(=O)C(=C2C=C(c3ccccc3)CCC2)C(=O)O1. The van der Waals surface area contributed by atoms with Gasteiger partial charge in [-0.3, -0.25) is 0 Å². The number of hydrogen-bond donors (Lipinski definition) is 0. The van der Waals surface area contributed by atoms with E-state index >= 15 is 0 Å². The monoisotopic (exact) mass is 298 g/mol. The van der Waals surface area contributed by atoms with Crippen molar-refractivity contribution >= 4 is 17.5 Å². The zero-order valence-electron chi connectivity index (χ0n) is 12.7. The summed E-state index contributed by atoms with van der Waals surface area (Å²) in [6, 6.07) is 9.97. The maximum absolute atomic E-state index is 12.2. The summed E-state index contributed by atoms with van der Waals surface area (Å²) in [7, 11) is 0. The van der Waals surface area contributed by atoms with Crippen molar-refractivity contribution in [1.82, 2.24) is 0 Å². The highest BCUT2D eigenvalue weighted by Gasteiger charge is 2.40. The minimum Gasteiger partial charge on any atom is -0.419 e. The quantitative estimate of drug-likeness (QED) is 0.453. The molecule has 0 aromatic heterocycles. The molecule has 1 aromatic carbocycles. The Morgan fingerprint density at radius 3 is 2.23 bits per heavy atom. The fourth-order valence-corrected chi connectivity index (χ4v) is 2.82. The van der Waals surface area contributed by atoms with Crippen LogP contribution in [0.4, 0.5) is 0 Å². The minimum atomic E-state index is -1.20. The molecule has 1 saturated heterocycles. The first kappa shape index (κ1) is 14.6. The van der Waals surface area contributed by atoms with Crippen LogP contribution in [0.15, 0.2) is 47.6 Å². The van der Waals surface area contributed by atoms with Crippen molar-refractivity contribution in [3.8, 4) is 0 Å². The van der Waals surface area contributed by atoms with Crippen molar-refractivity contribution in [1.29, 1.82) is 0 Å². The second-order valence-electron chi connectivity index (χ2n) is 5.97. The third-order valence-electron chi connectivity index (χ3n) is 3.79. The Hall–Kier alpha value is -2.36. The molecule has 3 rings (SSSR count). The summed E-state index contributed by atoms with van der Waals surface area (Å²) < 4.78 is 10.4. The van der Waals surface area contributed by atoms with E-state index in [-0.39, 0.29) is 5.57 Å². The molecule has 0 N–H and O–H groups in total. The third-order valence-corrected chi connectivity index (χ3v) is 3.79. The van der Waals surface area contributed by atoms with E-state index < -0.39 is 17.7 Å². The molecule has 1 aliphatic carbocycles. The van der Waals surface area contributed by atoms with Crippen molar-refractivity contribution < 1.29 is 19.1 Å². The Balaban J connectivity index is 2.00. The average Bonchev–Trinajstić information content (AvgIpc) is 2.46. The second kappa shape index (κ2) is 5.44. The van der Waals surface area contributed by atoms with E-state index in [1.54, 1.807) is 13.8 Å². The van der Waals surface area contributed by atoms with Gasteiger partial charge in [0.25, 0.3) is 5.79 Å². The predicted molar refractivity (Wildman–Crippen MR) is 81.6 cm³/mol. The molecule has 1 heterocycles. The molecule has 0 bridgehead atoms. The van der Waals surface area contributed by atoms with Gasteiger partial charge in [-0.2, -0.15) is 0 Å². The van der Waals surface area contributed by atoms with Crippen LogP contribution in [0, 0.1) is 0 Å². The zero-order valence-corrected chi connectivity index (χ0v) is 12.7. The van der Waals surface area contributed by atoms with Crippen molar-refractivity contribution in [3.63, 3.8) is 0 Å². The van der Waals surface area contributed by atoms with E-state index in [2.05, 4.69) is 0 Å². The first-order chi connectivity index (χ1) is 10.5. The summed E-state index contributed by atoms with van der Waals surface area (Å²) >= 11 is 0. The number of esters is 2. The van der Waals surface area contributed by atoms with Crippen molar-refractivity contribution in [2.24, 2.45) is 0 Å². The number of allylic oxidation sites excluding steroid dienone is 3. The van der Waals surface area contributed by atoms with Crippen LogP contribution in [-0.4, -0.2) is 17.7 Å². The Labute approximate surface area is 129 Å². The largest absolute Gasteiger partial charge is 0.419 e. The van der Waals surface area contributed by atoms with Crippen LogP contribution in [-0.2, 0) is 19.1 Å². The smallest absolute Gasteiger partial charge is 0.349 e. The number of ether oxygens (including phenoxy) is 2. The molecule has 0 unspecified atom stereocenters. The summed E-state index contributed by atoms with van der Waals surface area (Å²) in [5, 5.41) is 0. The topological polar surface area (TPSA) is 52.6 Å². The number of rotatable bonds is 1. The number of carbonyl (C=O) groups is 2. The number of cyclic esters (lactones) is 2. The Morgan fingerprint density at radius 2 is 1.59 bits per heavy atom. The molecule has 114 valence electrons. The molecule has 0 saturated carbocycles.